The van der Waals surface area contributed by atoms with Crippen LogP contribution in [0.1, 0.15) is 61.8 Å². The van der Waals surface area contributed by atoms with E-state index in [1.54, 1.807) is 0 Å². The van der Waals surface area contributed by atoms with Gasteiger partial charge in [-0.05, 0) is 19.3 Å². The van der Waals surface area contributed by atoms with Crippen LogP contribution in [0.25, 0.3) is 0 Å². The van der Waals surface area contributed by atoms with Gasteiger partial charge in [-0.25, -0.2) is 8.42 Å². The zero-order chi connectivity index (χ0) is 31.2. The first-order valence-electron chi connectivity index (χ1n) is 13.5. The summed E-state index contributed by atoms with van der Waals surface area (Å²) in [7, 11) is -4.22. The average molecular weight is 607 g/mol. The Kier molecular flexibility index (Phi) is 12.3. The van der Waals surface area contributed by atoms with Crippen molar-refractivity contribution in [3.8, 4) is 0 Å². The lowest BCUT2D eigenvalue weighted by Gasteiger charge is -2.48. The van der Waals surface area contributed by atoms with E-state index in [9.17, 15) is 27.6 Å². The van der Waals surface area contributed by atoms with Crippen molar-refractivity contribution in [1.82, 2.24) is 0 Å². The van der Waals surface area contributed by atoms with E-state index >= 15 is 0 Å². The summed E-state index contributed by atoms with van der Waals surface area (Å²) in [6.45, 7) is 14.9. The number of carbonyl (C=O) groups excluding carboxylic acids is 4. The normalized spacial score (nSPS) is 33.8. The molecule has 2 aliphatic rings. The van der Waals surface area contributed by atoms with E-state index in [2.05, 4.69) is 6.58 Å². The van der Waals surface area contributed by atoms with Gasteiger partial charge < -0.3 is 33.2 Å². The van der Waals surface area contributed by atoms with Crippen molar-refractivity contribution in [1.29, 1.82) is 0 Å². The highest BCUT2D eigenvalue weighted by atomic mass is 32.2. The van der Waals surface area contributed by atoms with Gasteiger partial charge in [0.05, 0.1) is 11.9 Å². The van der Waals surface area contributed by atoms with Gasteiger partial charge in [-0.2, -0.15) is 0 Å². The van der Waals surface area contributed by atoms with E-state index in [0.29, 0.717) is 6.42 Å². The fourth-order valence-corrected chi connectivity index (χ4v) is 6.86. The van der Waals surface area contributed by atoms with E-state index in [4.69, 9.17) is 33.2 Å². The Balaban J connectivity index is 2.66. The van der Waals surface area contributed by atoms with Gasteiger partial charge in [-0.15, -0.1) is 0 Å². The molecule has 234 valence electrons. The maximum Gasteiger partial charge on any atom is 0.303 e. The Labute approximate surface area is 241 Å². The van der Waals surface area contributed by atoms with Crippen LogP contribution in [-0.4, -0.2) is 93.0 Å². The summed E-state index contributed by atoms with van der Waals surface area (Å²) in [6.07, 6.45) is -7.78. The van der Waals surface area contributed by atoms with Crippen molar-refractivity contribution >= 4 is 33.7 Å². The van der Waals surface area contributed by atoms with Gasteiger partial charge in [-0.1, -0.05) is 32.9 Å². The third kappa shape index (κ3) is 9.22. The first kappa shape index (κ1) is 34.7. The van der Waals surface area contributed by atoms with Crippen molar-refractivity contribution in [2.24, 2.45) is 11.8 Å². The number of hydrogen-bond donors (Lipinski definition) is 0. The van der Waals surface area contributed by atoms with Crippen LogP contribution in [-0.2, 0) is 62.2 Å². The zero-order valence-electron chi connectivity index (χ0n) is 24.8. The molecule has 2 rings (SSSR count). The molecule has 0 aromatic rings. The molecule has 0 aliphatic carbocycles. The number of sulfone groups is 1. The second-order valence-corrected chi connectivity index (χ2v) is 12.7. The molecule has 0 spiro atoms. The third-order valence-electron chi connectivity index (χ3n) is 6.95. The Hall–Kier alpha value is -2.55. The second kappa shape index (κ2) is 14.6. The molecule has 14 heteroatoms. The van der Waals surface area contributed by atoms with Gasteiger partial charge in [0.15, 0.2) is 39.9 Å². The fourth-order valence-electron chi connectivity index (χ4n) is 5.08. The molecular formula is C27H42O13S. The van der Waals surface area contributed by atoms with Crippen LogP contribution < -0.4 is 0 Å². The molecule has 2 fully saturated rings. The molecule has 0 aromatic heterocycles. The molecule has 0 N–H and O–H groups in total. The van der Waals surface area contributed by atoms with Crippen LogP contribution in [0.15, 0.2) is 12.2 Å². The molecule has 0 saturated carbocycles. The Morgan fingerprint density at radius 3 is 1.76 bits per heavy atom. The van der Waals surface area contributed by atoms with E-state index in [1.165, 1.54) is 13.8 Å². The fraction of sp³-hybridized carbons (Fsp3) is 0.778. The van der Waals surface area contributed by atoms with E-state index in [-0.39, 0.29) is 23.5 Å². The minimum absolute atomic E-state index is 0.0293. The number of carbonyl (C=O) groups is 4. The molecule has 13 nitrogen and oxygen atoms in total. The van der Waals surface area contributed by atoms with Crippen molar-refractivity contribution in [3.05, 3.63) is 12.2 Å². The lowest BCUT2D eigenvalue weighted by Crippen LogP contribution is -2.65. The molecule has 0 radical (unpaired) electrons. The monoisotopic (exact) mass is 606 g/mol. The van der Waals surface area contributed by atoms with E-state index in [1.807, 2.05) is 20.8 Å². The molecule has 2 saturated heterocycles. The van der Waals surface area contributed by atoms with Gasteiger partial charge in [0.1, 0.15) is 18.8 Å². The minimum Gasteiger partial charge on any atom is -0.463 e. The SMILES string of the molecule is C=C(C)CS(=O)(=O)C1O[C@H](COC(C)=O)[C@@H](O[C@@H]2O[C@H](CC)[C@H](C)[C@H](C)[C@H]2OC(C)=O)[C@H](OC(C)=O)[C@H]1OC(C)=O. The lowest BCUT2D eigenvalue weighted by atomic mass is 9.82. The smallest absolute Gasteiger partial charge is 0.303 e. The summed E-state index contributed by atoms with van der Waals surface area (Å²) in [5.74, 6) is -3.78. The predicted octanol–water partition coefficient (Wildman–Crippen LogP) is 1.85. The standard InChI is InChI=1S/C27H42O13S/c1-10-20-14(4)15(5)22(35-17(7)29)26(38-20)40-23-21(11-34-16(6)28)39-27(41(32,33)12-13(2)3)25(37-19(9)31)24(23)36-18(8)30/h14-15,20-27H,2,10-12H2,1,3-9H3/t14-,15+,20-,21-,22-,23-,24+,25-,26+,27?/m1/s1. The van der Waals surface area contributed by atoms with Gasteiger partial charge in [0.2, 0.25) is 0 Å². The summed E-state index contributed by atoms with van der Waals surface area (Å²) >= 11 is 0. The second-order valence-electron chi connectivity index (χ2n) is 10.6. The van der Waals surface area contributed by atoms with E-state index < -0.39 is 88.3 Å². The quantitative estimate of drug-likeness (QED) is 0.190. The number of esters is 4. The summed E-state index contributed by atoms with van der Waals surface area (Å²) in [5.41, 5.74) is -1.55. The van der Waals surface area contributed by atoms with Crippen LogP contribution >= 0.6 is 0 Å². The predicted molar refractivity (Wildman–Crippen MR) is 143 cm³/mol. The number of rotatable bonds is 11. The molecule has 2 aliphatic heterocycles. The van der Waals surface area contributed by atoms with Crippen LogP contribution in [0.2, 0.25) is 0 Å². The van der Waals surface area contributed by atoms with Crippen molar-refractivity contribution in [2.75, 3.05) is 12.4 Å². The van der Waals surface area contributed by atoms with Crippen LogP contribution in [0.3, 0.4) is 0 Å². The summed E-state index contributed by atoms with van der Waals surface area (Å²) in [5, 5.41) is 0. The Bertz CT molecular complexity index is 1090. The number of ether oxygens (including phenoxy) is 7. The van der Waals surface area contributed by atoms with Crippen LogP contribution in [0.4, 0.5) is 0 Å². The van der Waals surface area contributed by atoms with Gasteiger partial charge in [0, 0.05) is 33.6 Å². The van der Waals surface area contributed by atoms with Gasteiger partial charge in [0.25, 0.3) is 0 Å². The topological polar surface area (TPSA) is 167 Å². The molecule has 0 aromatic carbocycles. The highest BCUT2D eigenvalue weighted by Crippen LogP contribution is 2.38. The Morgan fingerprint density at radius 2 is 1.27 bits per heavy atom. The van der Waals surface area contributed by atoms with Gasteiger partial charge >= 0.3 is 23.9 Å². The molecular weight excluding hydrogens is 564 g/mol. The number of hydrogen-bond acceptors (Lipinski definition) is 13. The summed E-state index contributed by atoms with van der Waals surface area (Å²) in [4.78, 5) is 48.2. The molecule has 0 amide bonds. The average Bonchev–Trinajstić information content (AvgIpc) is 2.82. The summed E-state index contributed by atoms with van der Waals surface area (Å²) in [6, 6.07) is 0. The molecule has 2 heterocycles. The van der Waals surface area contributed by atoms with Crippen LogP contribution in [0.5, 0.6) is 0 Å². The Morgan fingerprint density at radius 1 is 0.732 bits per heavy atom. The highest BCUT2D eigenvalue weighted by Gasteiger charge is 2.57. The maximum atomic E-state index is 13.4. The maximum absolute atomic E-state index is 13.4. The van der Waals surface area contributed by atoms with Crippen LogP contribution in [0, 0.1) is 11.8 Å². The minimum atomic E-state index is -4.22. The molecule has 0 bridgehead atoms. The first-order chi connectivity index (χ1) is 19.0. The van der Waals surface area contributed by atoms with Crippen molar-refractivity contribution in [2.45, 2.75) is 110 Å². The highest BCUT2D eigenvalue weighted by molar-refractivity contribution is 7.92. The molecule has 1 unspecified atom stereocenters. The first-order valence-corrected chi connectivity index (χ1v) is 15.2. The molecule has 41 heavy (non-hydrogen) atoms. The largest absolute Gasteiger partial charge is 0.463 e. The molecule has 10 atom stereocenters. The van der Waals surface area contributed by atoms with Gasteiger partial charge in [-0.3, -0.25) is 19.2 Å². The van der Waals surface area contributed by atoms with E-state index in [0.717, 1.165) is 20.8 Å². The lowest BCUT2D eigenvalue weighted by molar-refractivity contribution is -0.325. The third-order valence-corrected chi connectivity index (χ3v) is 8.94. The summed E-state index contributed by atoms with van der Waals surface area (Å²) < 4.78 is 66.8. The van der Waals surface area contributed by atoms with Crippen molar-refractivity contribution in [3.63, 3.8) is 0 Å². The van der Waals surface area contributed by atoms with Crippen molar-refractivity contribution < 1.29 is 60.8 Å². The zero-order valence-corrected chi connectivity index (χ0v) is 25.6.